The number of nitrogens with one attached hydrogen (secondary N) is 1. The van der Waals surface area contributed by atoms with Gasteiger partial charge in [0, 0.05) is 45.6 Å². The average Bonchev–Trinajstić information content (AvgIpc) is 3.20. The molecule has 9 nitrogen and oxygen atoms in total. The van der Waals surface area contributed by atoms with Gasteiger partial charge in [0.1, 0.15) is 17.0 Å². The van der Waals surface area contributed by atoms with Gasteiger partial charge in [0.25, 0.3) is 5.91 Å². The summed E-state index contributed by atoms with van der Waals surface area (Å²) in [6.07, 6.45) is 3.38. The van der Waals surface area contributed by atoms with Gasteiger partial charge in [0.2, 0.25) is 5.91 Å². The van der Waals surface area contributed by atoms with Crippen LogP contribution in [0, 0.1) is 0 Å². The number of aromatic nitrogens is 4. The maximum Gasteiger partial charge on any atom is 0.256 e. The number of carbonyl (C=O) groups excluding carboxylic acids is 2. The van der Waals surface area contributed by atoms with E-state index >= 15 is 0 Å². The Labute approximate surface area is 173 Å². The van der Waals surface area contributed by atoms with Gasteiger partial charge < -0.3 is 15.1 Å². The molecule has 2 aromatic heterocycles. The first-order chi connectivity index (χ1) is 14.6. The Morgan fingerprint density at radius 3 is 2.80 bits per heavy atom. The number of amides is 2. The van der Waals surface area contributed by atoms with E-state index in [1.807, 2.05) is 41.1 Å². The zero-order valence-electron chi connectivity index (χ0n) is 16.8. The lowest BCUT2D eigenvalue weighted by Gasteiger charge is -2.50. The number of nitrogens with zero attached hydrogens (tertiary/aromatic N) is 6. The summed E-state index contributed by atoms with van der Waals surface area (Å²) < 4.78 is 1.77. The molecule has 1 saturated heterocycles. The summed E-state index contributed by atoms with van der Waals surface area (Å²) in [4.78, 5) is 33.7. The van der Waals surface area contributed by atoms with Gasteiger partial charge in [-0.3, -0.25) is 9.59 Å². The minimum Gasteiger partial charge on any atom is -0.342 e. The zero-order chi connectivity index (χ0) is 20.7. The monoisotopic (exact) mass is 405 g/mol. The van der Waals surface area contributed by atoms with Gasteiger partial charge in [-0.15, -0.1) is 5.10 Å². The molecular formula is C21H23N7O2. The third-order valence-corrected chi connectivity index (χ3v) is 6.24. The number of para-hydroxylation sites is 1. The molecule has 0 atom stereocenters. The number of piperidine rings is 1. The molecule has 1 spiro atoms. The van der Waals surface area contributed by atoms with E-state index in [0.29, 0.717) is 50.3 Å². The quantitative estimate of drug-likeness (QED) is 0.708. The summed E-state index contributed by atoms with van der Waals surface area (Å²) >= 11 is 0. The lowest BCUT2D eigenvalue weighted by atomic mass is 9.91. The van der Waals surface area contributed by atoms with E-state index in [4.69, 9.17) is 0 Å². The van der Waals surface area contributed by atoms with Crippen LogP contribution in [0.25, 0.3) is 11.0 Å². The van der Waals surface area contributed by atoms with Gasteiger partial charge in [0.05, 0.1) is 17.6 Å². The fraction of sp³-hybridized carbons (Fsp3) is 0.381. The van der Waals surface area contributed by atoms with Crippen LogP contribution in [-0.2, 0) is 11.3 Å². The molecule has 5 rings (SSSR count). The molecule has 30 heavy (non-hydrogen) atoms. The number of anilines is 1. The average molecular weight is 405 g/mol. The molecule has 1 N–H and O–H groups in total. The minimum atomic E-state index is -0.503. The van der Waals surface area contributed by atoms with Crippen molar-refractivity contribution in [3.05, 3.63) is 48.2 Å². The number of benzene rings is 1. The van der Waals surface area contributed by atoms with Crippen LogP contribution >= 0.6 is 0 Å². The molecule has 0 radical (unpaired) electrons. The molecule has 0 aliphatic carbocycles. The summed E-state index contributed by atoms with van der Waals surface area (Å²) in [5, 5.41) is 11.4. The van der Waals surface area contributed by atoms with Crippen LogP contribution in [0.2, 0.25) is 0 Å². The number of likely N-dealkylation sites (tertiary alicyclic amines) is 1. The van der Waals surface area contributed by atoms with Gasteiger partial charge in [-0.25, -0.2) is 9.67 Å². The second kappa shape index (κ2) is 7.08. The number of fused-ring (bicyclic) bond motifs is 2. The molecule has 0 unspecified atom stereocenters. The van der Waals surface area contributed by atoms with Crippen molar-refractivity contribution < 1.29 is 9.59 Å². The Kier molecular flexibility index (Phi) is 4.38. The van der Waals surface area contributed by atoms with E-state index in [9.17, 15) is 9.59 Å². The van der Waals surface area contributed by atoms with Gasteiger partial charge >= 0.3 is 0 Å². The highest BCUT2D eigenvalue weighted by molar-refractivity contribution is 6.01. The van der Waals surface area contributed by atoms with Crippen molar-refractivity contribution in [1.29, 1.82) is 0 Å². The number of aryl methyl sites for hydroxylation is 1. The number of pyridine rings is 1. The van der Waals surface area contributed by atoms with Crippen LogP contribution < -0.4 is 10.2 Å². The summed E-state index contributed by atoms with van der Waals surface area (Å²) in [7, 11) is 1.96. The Hall–Kier alpha value is -3.49. The highest BCUT2D eigenvalue weighted by atomic mass is 16.2. The molecule has 2 aliphatic heterocycles. The molecule has 0 saturated carbocycles. The van der Waals surface area contributed by atoms with Crippen LogP contribution in [0.5, 0.6) is 0 Å². The van der Waals surface area contributed by atoms with Gasteiger partial charge in [-0.2, -0.15) is 0 Å². The zero-order valence-corrected chi connectivity index (χ0v) is 16.8. The normalized spacial score (nSPS) is 17.8. The van der Waals surface area contributed by atoms with Crippen molar-refractivity contribution in [2.75, 3.05) is 25.0 Å². The van der Waals surface area contributed by atoms with E-state index in [-0.39, 0.29) is 11.8 Å². The molecular weight excluding hydrogens is 382 g/mol. The van der Waals surface area contributed by atoms with Crippen molar-refractivity contribution in [2.45, 2.75) is 31.5 Å². The lowest BCUT2D eigenvalue weighted by molar-refractivity contribution is -0.133. The summed E-state index contributed by atoms with van der Waals surface area (Å²) in [5.74, 6) is 0.681. The molecule has 9 heteroatoms. The van der Waals surface area contributed by atoms with Gasteiger partial charge in [-0.05, 0) is 24.3 Å². The lowest BCUT2D eigenvalue weighted by Crippen LogP contribution is -2.67. The number of hydrogen-bond donors (Lipinski definition) is 1. The molecule has 0 bridgehead atoms. The molecule has 1 aromatic carbocycles. The van der Waals surface area contributed by atoms with Crippen LogP contribution in [0.1, 0.15) is 29.6 Å². The van der Waals surface area contributed by atoms with Crippen molar-refractivity contribution in [3.8, 4) is 0 Å². The van der Waals surface area contributed by atoms with Crippen LogP contribution in [0.3, 0.4) is 0 Å². The topological polar surface area (TPSA) is 96.2 Å². The van der Waals surface area contributed by atoms with Crippen molar-refractivity contribution in [2.24, 2.45) is 0 Å². The third-order valence-electron chi connectivity index (χ3n) is 6.24. The van der Waals surface area contributed by atoms with Crippen LogP contribution in [-0.4, -0.2) is 62.5 Å². The van der Waals surface area contributed by atoms with Crippen LogP contribution in [0.15, 0.2) is 42.6 Å². The predicted molar refractivity (Wildman–Crippen MR) is 111 cm³/mol. The van der Waals surface area contributed by atoms with Crippen molar-refractivity contribution in [1.82, 2.24) is 30.2 Å². The molecule has 1 fully saturated rings. The SMILES string of the molecule is CN1c2ncccc2C(=O)NC12CCN(C(=O)CCn1nnc3ccccc31)CC2. The van der Waals surface area contributed by atoms with E-state index in [1.165, 1.54) is 0 Å². The van der Waals surface area contributed by atoms with Crippen LogP contribution in [0.4, 0.5) is 5.82 Å². The van der Waals surface area contributed by atoms with Crippen molar-refractivity contribution in [3.63, 3.8) is 0 Å². The second-order valence-electron chi connectivity index (χ2n) is 7.85. The first kappa shape index (κ1) is 18.5. The Bertz CT molecular complexity index is 1120. The van der Waals surface area contributed by atoms with E-state index in [2.05, 4.69) is 20.6 Å². The van der Waals surface area contributed by atoms with Gasteiger partial charge in [0.15, 0.2) is 0 Å². The fourth-order valence-electron chi connectivity index (χ4n) is 4.44. The Balaban J connectivity index is 1.24. The maximum atomic E-state index is 12.8. The molecule has 2 amide bonds. The van der Waals surface area contributed by atoms with Crippen molar-refractivity contribution >= 4 is 28.7 Å². The first-order valence-corrected chi connectivity index (χ1v) is 10.1. The first-order valence-electron chi connectivity index (χ1n) is 10.1. The molecule has 3 aromatic rings. The predicted octanol–water partition coefficient (Wildman–Crippen LogP) is 1.41. The minimum absolute atomic E-state index is 0.0905. The summed E-state index contributed by atoms with van der Waals surface area (Å²) in [5.41, 5.74) is 1.84. The standard InChI is InChI=1S/C21H23N7O2/c1-26-19-15(5-4-11-22-19)20(30)23-21(26)9-13-27(14-10-21)18(29)8-12-28-17-7-3-2-6-16(17)24-25-28/h2-7,11H,8-10,12-14H2,1H3,(H,23,30). The Morgan fingerprint density at radius 1 is 1.17 bits per heavy atom. The maximum absolute atomic E-state index is 12.8. The summed E-state index contributed by atoms with van der Waals surface area (Å²) in [6.45, 7) is 1.67. The van der Waals surface area contributed by atoms with E-state index in [0.717, 1.165) is 11.0 Å². The fourth-order valence-corrected chi connectivity index (χ4v) is 4.44. The largest absolute Gasteiger partial charge is 0.342 e. The summed E-state index contributed by atoms with van der Waals surface area (Å²) in [6, 6.07) is 11.3. The third kappa shape index (κ3) is 2.97. The van der Waals surface area contributed by atoms with E-state index in [1.54, 1.807) is 23.0 Å². The number of hydrogen-bond acceptors (Lipinski definition) is 6. The smallest absolute Gasteiger partial charge is 0.256 e. The second-order valence-corrected chi connectivity index (χ2v) is 7.85. The highest BCUT2D eigenvalue weighted by Crippen LogP contribution is 2.34. The number of carbonyl (C=O) groups is 2. The van der Waals surface area contributed by atoms with E-state index < -0.39 is 5.66 Å². The highest BCUT2D eigenvalue weighted by Gasteiger charge is 2.45. The molecule has 2 aliphatic rings. The molecule has 4 heterocycles. The van der Waals surface area contributed by atoms with Gasteiger partial charge in [-0.1, -0.05) is 17.3 Å². The number of rotatable bonds is 3. The Morgan fingerprint density at radius 2 is 1.97 bits per heavy atom. The molecule has 154 valence electrons.